The molecule has 0 aliphatic carbocycles. The number of ether oxygens (including phenoxy) is 1. The van der Waals surface area contributed by atoms with Gasteiger partial charge in [0.15, 0.2) is 0 Å². The average Bonchev–Trinajstić information content (AvgIpc) is 2.92. The fourth-order valence-electron chi connectivity index (χ4n) is 2.27. The number of para-hydroxylation sites is 1. The highest BCUT2D eigenvalue weighted by atomic mass is 32.1. The van der Waals surface area contributed by atoms with Gasteiger partial charge >= 0.3 is 0 Å². The number of carbonyl (C=O) groups excluding carboxylic acids is 1. The molecule has 23 heavy (non-hydrogen) atoms. The number of methoxy groups -OCH3 is 1. The fraction of sp³-hybridized carbons (Fsp3) is 0.111. The molecule has 0 fully saturated rings. The van der Waals surface area contributed by atoms with E-state index in [1.54, 1.807) is 24.5 Å². The minimum atomic E-state index is -0.184. The van der Waals surface area contributed by atoms with Gasteiger partial charge in [0, 0.05) is 17.3 Å². The number of aromatic nitrogens is 1. The van der Waals surface area contributed by atoms with Gasteiger partial charge in [0.05, 0.1) is 22.3 Å². The van der Waals surface area contributed by atoms with Crippen molar-refractivity contribution in [1.82, 2.24) is 4.98 Å². The Morgan fingerprint density at radius 1 is 1.26 bits per heavy atom. The summed E-state index contributed by atoms with van der Waals surface area (Å²) in [6.45, 7) is 1.97. The Morgan fingerprint density at radius 2 is 2.09 bits per heavy atom. The van der Waals surface area contributed by atoms with Gasteiger partial charge in [0.25, 0.3) is 0 Å². The second-order valence-electron chi connectivity index (χ2n) is 4.98. The van der Waals surface area contributed by atoms with Crippen molar-refractivity contribution in [3.05, 3.63) is 59.1 Å². The summed E-state index contributed by atoms with van der Waals surface area (Å²) in [6, 6.07) is 13.3. The molecule has 0 aliphatic rings. The molecule has 0 unspecified atom stereocenters. The first-order chi connectivity index (χ1) is 11.2. The number of aryl methyl sites for hydroxylation is 1. The van der Waals surface area contributed by atoms with E-state index in [0.29, 0.717) is 0 Å². The Labute approximate surface area is 138 Å². The van der Waals surface area contributed by atoms with Gasteiger partial charge in [-0.05, 0) is 37.3 Å². The lowest BCUT2D eigenvalue weighted by molar-refractivity contribution is -0.111. The van der Waals surface area contributed by atoms with Gasteiger partial charge in [-0.2, -0.15) is 0 Å². The predicted octanol–water partition coefficient (Wildman–Crippen LogP) is 4.27. The third kappa shape index (κ3) is 3.57. The van der Waals surface area contributed by atoms with E-state index in [2.05, 4.69) is 10.3 Å². The number of hydrogen-bond donors (Lipinski definition) is 1. The first-order valence-electron chi connectivity index (χ1n) is 7.15. The molecule has 1 heterocycles. The Morgan fingerprint density at radius 3 is 2.91 bits per heavy atom. The van der Waals surface area contributed by atoms with Gasteiger partial charge in [-0.15, -0.1) is 11.3 Å². The van der Waals surface area contributed by atoms with Crippen LogP contribution in [0, 0.1) is 6.92 Å². The van der Waals surface area contributed by atoms with Crippen molar-refractivity contribution in [2.45, 2.75) is 6.92 Å². The van der Waals surface area contributed by atoms with Crippen LogP contribution in [0.3, 0.4) is 0 Å². The van der Waals surface area contributed by atoms with Crippen molar-refractivity contribution in [2.75, 3.05) is 12.4 Å². The van der Waals surface area contributed by atoms with Crippen molar-refractivity contribution in [1.29, 1.82) is 0 Å². The summed E-state index contributed by atoms with van der Waals surface area (Å²) in [5.74, 6) is 0.551. The zero-order valence-electron chi connectivity index (χ0n) is 12.9. The fourth-order valence-corrected chi connectivity index (χ4v) is 3.14. The van der Waals surface area contributed by atoms with Gasteiger partial charge in [0.2, 0.25) is 5.91 Å². The summed E-state index contributed by atoms with van der Waals surface area (Å²) in [6.07, 6.45) is 3.24. The molecule has 0 bridgehead atoms. The highest BCUT2D eigenvalue weighted by Crippen LogP contribution is 2.25. The second-order valence-corrected chi connectivity index (χ2v) is 6.21. The number of benzene rings is 2. The Hall–Kier alpha value is -2.66. The summed E-state index contributed by atoms with van der Waals surface area (Å²) in [5.41, 5.74) is 2.57. The molecule has 0 saturated heterocycles. The van der Waals surface area contributed by atoms with E-state index < -0.39 is 0 Å². The highest BCUT2D eigenvalue weighted by molar-refractivity contribution is 7.18. The van der Waals surface area contributed by atoms with E-state index in [1.807, 2.05) is 49.4 Å². The molecule has 1 N–H and O–H groups in total. The normalized spacial score (nSPS) is 11.0. The number of fused-ring (bicyclic) bond motifs is 1. The number of anilines is 1. The van der Waals surface area contributed by atoms with Gasteiger partial charge < -0.3 is 10.1 Å². The van der Waals surface area contributed by atoms with Crippen LogP contribution in [0.1, 0.15) is 10.6 Å². The number of nitrogens with one attached hydrogen (secondary N) is 1. The summed E-state index contributed by atoms with van der Waals surface area (Å²) >= 11 is 1.61. The van der Waals surface area contributed by atoms with Crippen LogP contribution in [0.5, 0.6) is 5.75 Å². The average molecular weight is 324 g/mol. The monoisotopic (exact) mass is 324 g/mol. The second kappa shape index (κ2) is 6.62. The van der Waals surface area contributed by atoms with Crippen molar-refractivity contribution in [3.63, 3.8) is 0 Å². The standard InChI is InChI=1S/C18H16N2O2S/c1-12-19-15-9-8-14(11-17(15)23-12)20-18(21)10-7-13-5-3-4-6-16(13)22-2/h3-11H,1-2H3,(H,20,21)/b10-7+. The molecule has 1 amide bonds. The molecular formula is C18H16N2O2S. The van der Waals surface area contributed by atoms with Crippen molar-refractivity contribution in [2.24, 2.45) is 0 Å². The first-order valence-corrected chi connectivity index (χ1v) is 7.96. The smallest absolute Gasteiger partial charge is 0.248 e. The van der Waals surface area contributed by atoms with E-state index >= 15 is 0 Å². The van der Waals surface area contributed by atoms with Crippen molar-refractivity contribution >= 4 is 39.2 Å². The van der Waals surface area contributed by atoms with Crippen LogP contribution in [-0.2, 0) is 4.79 Å². The molecule has 0 aliphatic heterocycles. The van der Waals surface area contributed by atoms with E-state index in [4.69, 9.17) is 4.74 Å². The molecular weight excluding hydrogens is 308 g/mol. The van der Waals surface area contributed by atoms with Gasteiger partial charge in [-0.1, -0.05) is 18.2 Å². The molecule has 116 valence electrons. The number of thiazole rings is 1. The number of hydrogen-bond acceptors (Lipinski definition) is 4. The number of nitrogens with zero attached hydrogens (tertiary/aromatic N) is 1. The number of carbonyl (C=O) groups is 1. The van der Waals surface area contributed by atoms with Crippen LogP contribution in [0.25, 0.3) is 16.3 Å². The van der Waals surface area contributed by atoms with Gasteiger partial charge in [0.1, 0.15) is 5.75 Å². The Bertz CT molecular complexity index is 884. The largest absolute Gasteiger partial charge is 0.496 e. The highest BCUT2D eigenvalue weighted by Gasteiger charge is 2.04. The van der Waals surface area contributed by atoms with E-state index in [9.17, 15) is 4.79 Å². The number of amides is 1. The molecule has 0 radical (unpaired) electrons. The molecule has 3 aromatic rings. The zero-order chi connectivity index (χ0) is 16.2. The van der Waals surface area contributed by atoms with Crippen LogP contribution >= 0.6 is 11.3 Å². The summed E-state index contributed by atoms with van der Waals surface area (Å²) in [5, 5.41) is 3.88. The van der Waals surface area contributed by atoms with Crippen molar-refractivity contribution in [3.8, 4) is 5.75 Å². The van der Waals surface area contributed by atoms with E-state index in [-0.39, 0.29) is 5.91 Å². The van der Waals surface area contributed by atoms with Gasteiger partial charge in [-0.3, -0.25) is 4.79 Å². The summed E-state index contributed by atoms with van der Waals surface area (Å²) in [4.78, 5) is 16.5. The third-order valence-electron chi connectivity index (χ3n) is 3.32. The molecule has 0 atom stereocenters. The topological polar surface area (TPSA) is 51.2 Å². The van der Waals surface area contributed by atoms with Crippen LogP contribution in [0.2, 0.25) is 0 Å². The maximum Gasteiger partial charge on any atom is 0.248 e. The molecule has 5 heteroatoms. The molecule has 0 saturated carbocycles. The minimum Gasteiger partial charge on any atom is -0.496 e. The molecule has 3 rings (SSSR count). The van der Waals surface area contributed by atoms with Crippen LogP contribution in [0.4, 0.5) is 5.69 Å². The van der Waals surface area contributed by atoms with E-state index in [1.165, 1.54) is 6.08 Å². The van der Waals surface area contributed by atoms with Crippen LogP contribution in [-0.4, -0.2) is 18.0 Å². The molecule has 0 spiro atoms. The molecule has 4 nitrogen and oxygen atoms in total. The predicted molar refractivity (Wildman–Crippen MR) is 95.0 cm³/mol. The van der Waals surface area contributed by atoms with Gasteiger partial charge in [-0.25, -0.2) is 4.98 Å². The minimum absolute atomic E-state index is 0.184. The van der Waals surface area contributed by atoms with Crippen molar-refractivity contribution < 1.29 is 9.53 Å². The number of rotatable bonds is 4. The van der Waals surface area contributed by atoms with E-state index in [0.717, 1.165) is 32.2 Å². The molecule has 1 aromatic heterocycles. The lowest BCUT2D eigenvalue weighted by Gasteiger charge is -2.04. The maximum absolute atomic E-state index is 12.1. The molecule has 2 aromatic carbocycles. The Balaban J connectivity index is 1.74. The Kier molecular flexibility index (Phi) is 4.39. The zero-order valence-corrected chi connectivity index (χ0v) is 13.7. The van der Waals surface area contributed by atoms with Crippen LogP contribution in [0.15, 0.2) is 48.5 Å². The lowest BCUT2D eigenvalue weighted by Crippen LogP contribution is -2.07. The third-order valence-corrected chi connectivity index (χ3v) is 4.25. The maximum atomic E-state index is 12.1. The SMILES string of the molecule is COc1ccccc1/C=C/C(=O)Nc1ccc2nc(C)sc2c1. The quantitative estimate of drug-likeness (QED) is 0.729. The summed E-state index contributed by atoms with van der Waals surface area (Å²) < 4.78 is 6.32. The summed E-state index contributed by atoms with van der Waals surface area (Å²) in [7, 11) is 1.61. The first kappa shape index (κ1) is 15.2. The lowest BCUT2D eigenvalue weighted by atomic mass is 10.2. The van der Waals surface area contributed by atoms with Crippen LogP contribution < -0.4 is 10.1 Å².